The summed E-state index contributed by atoms with van der Waals surface area (Å²) < 4.78 is 37.6. The first kappa shape index (κ1) is 22.9. The lowest BCUT2D eigenvalue weighted by molar-refractivity contribution is -0.120. The van der Waals surface area contributed by atoms with Crippen LogP contribution in [0.1, 0.15) is 43.0 Å². The van der Waals surface area contributed by atoms with Gasteiger partial charge in [0, 0.05) is 12.0 Å². The normalized spacial score (nSPS) is 17.3. The van der Waals surface area contributed by atoms with Crippen molar-refractivity contribution in [3.05, 3.63) is 53.1 Å². The van der Waals surface area contributed by atoms with Crippen LogP contribution >= 0.6 is 0 Å². The second-order valence-electron chi connectivity index (χ2n) is 8.65. The number of methoxy groups -OCH3 is 1. The molecule has 0 unspecified atom stereocenters. The molecule has 0 saturated carbocycles. The fraction of sp³-hybridized carbons (Fsp3) is 0.435. The number of amides is 1. The molecule has 0 aliphatic carbocycles. The van der Waals surface area contributed by atoms with Crippen LogP contribution in [0.4, 0.5) is 5.69 Å². The van der Waals surface area contributed by atoms with Crippen molar-refractivity contribution in [2.45, 2.75) is 45.8 Å². The molecule has 168 valence electrons. The number of fused-ring (bicyclic) bond motifs is 1. The smallest absolute Gasteiger partial charge is 0.241 e. The van der Waals surface area contributed by atoms with Crippen molar-refractivity contribution in [1.29, 1.82) is 0 Å². The quantitative estimate of drug-likeness (QED) is 0.734. The molecule has 1 heterocycles. The van der Waals surface area contributed by atoms with Crippen LogP contribution in [0.5, 0.6) is 11.5 Å². The van der Waals surface area contributed by atoms with Crippen molar-refractivity contribution in [3.63, 3.8) is 0 Å². The van der Waals surface area contributed by atoms with Crippen LogP contribution in [0.25, 0.3) is 0 Å². The Hall–Kier alpha value is -2.74. The van der Waals surface area contributed by atoms with Crippen LogP contribution in [-0.4, -0.2) is 39.8 Å². The van der Waals surface area contributed by atoms with Crippen LogP contribution < -0.4 is 19.1 Å². The number of nitrogens with one attached hydrogen (secondary N) is 1. The molecule has 0 bridgehead atoms. The van der Waals surface area contributed by atoms with E-state index < -0.39 is 15.6 Å². The summed E-state index contributed by atoms with van der Waals surface area (Å²) in [6.07, 6.45) is 1.65. The molecule has 0 saturated heterocycles. The number of carbonyl (C=O) groups excluding carboxylic acids is 1. The Balaban J connectivity index is 1.89. The van der Waals surface area contributed by atoms with Crippen molar-refractivity contribution < 1.29 is 22.7 Å². The van der Waals surface area contributed by atoms with Crippen LogP contribution in [0.3, 0.4) is 0 Å². The first-order valence-corrected chi connectivity index (χ1v) is 12.0. The minimum Gasteiger partial charge on any atom is -0.497 e. The Morgan fingerprint density at radius 1 is 1.23 bits per heavy atom. The largest absolute Gasteiger partial charge is 0.497 e. The monoisotopic (exact) mass is 446 g/mol. The summed E-state index contributed by atoms with van der Waals surface area (Å²) in [4.78, 5) is 13.0. The number of benzene rings is 2. The third-order valence-electron chi connectivity index (χ3n) is 5.33. The van der Waals surface area contributed by atoms with Crippen molar-refractivity contribution in [1.82, 2.24) is 5.32 Å². The molecule has 1 aliphatic heterocycles. The Bertz CT molecular complexity index is 1100. The number of carbonyl (C=O) groups is 1. The molecule has 0 fully saturated rings. The summed E-state index contributed by atoms with van der Waals surface area (Å²) in [5, 5.41) is 3.01. The topological polar surface area (TPSA) is 84.9 Å². The zero-order chi connectivity index (χ0) is 23.0. The van der Waals surface area contributed by atoms with E-state index in [-0.39, 0.29) is 18.5 Å². The maximum atomic E-state index is 13.0. The van der Waals surface area contributed by atoms with Gasteiger partial charge < -0.3 is 14.8 Å². The predicted molar refractivity (Wildman–Crippen MR) is 121 cm³/mol. The summed E-state index contributed by atoms with van der Waals surface area (Å²) >= 11 is 0. The maximum absolute atomic E-state index is 13.0. The van der Waals surface area contributed by atoms with E-state index in [0.717, 1.165) is 27.3 Å². The minimum absolute atomic E-state index is 0.305. The van der Waals surface area contributed by atoms with Crippen LogP contribution in [-0.2, 0) is 14.8 Å². The van der Waals surface area contributed by atoms with Gasteiger partial charge in [0.05, 0.1) is 25.1 Å². The highest BCUT2D eigenvalue weighted by molar-refractivity contribution is 7.92. The van der Waals surface area contributed by atoms with E-state index in [4.69, 9.17) is 9.47 Å². The molecule has 7 nitrogen and oxygen atoms in total. The lowest BCUT2D eigenvalue weighted by Gasteiger charge is -2.38. The number of hydrogen-bond donors (Lipinski definition) is 1. The molecular weight excluding hydrogens is 416 g/mol. The minimum atomic E-state index is -3.66. The molecule has 0 radical (unpaired) electrons. The van der Waals surface area contributed by atoms with Crippen molar-refractivity contribution in [2.75, 3.05) is 24.2 Å². The molecule has 1 atom stereocenters. The standard InChI is InChI=1S/C23H30N2O5S/c1-15-7-8-16(2)20(11-15)25(31(6,27)28)14-22(26)24-19-13-23(3,4)30-21-10-9-17(29-5)12-18(19)21/h7-12,19H,13-14H2,1-6H3,(H,24,26)/t19-/m0/s1. The first-order chi connectivity index (χ1) is 14.4. The third-order valence-corrected chi connectivity index (χ3v) is 6.46. The second kappa shape index (κ2) is 8.42. The van der Waals surface area contributed by atoms with Crippen molar-refractivity contribution >= 4 is 21.6 Å². The number of sulfonamides is 1. The first-order valence-electron chi connectivity index (χ1n) is 10.1. The number of ether oxygens (including phenoxy) is 2. The molecule has 3 rings (SSSR count). The zero-order valence-electron chi connectivity index (χ0n) is 18.9. The van der Waals surface area contributed by atoms with Gasteiger partial charge in [0.2, 0.25) is 15.9 Å². The van der Waals surface area contributed by atoms with Crippen LogP contribution in [0.15, 0.2) is 36.4 Å². The number of rotatable bonds is 6. The van der Waals surface area contributed by atoms with Crippen molar-refractivity contribution in [3.8, 4) is 11.5 Å². The summed E-state index contributed by atoms with van der Waals surface area (Å²) in [5.41, 5.74) is 2.54. The van der Waals surface area contributed by atoms with E-state index in [1.165, 1.54) is 0 Å². The zero-order valence-corrected chi connectivity index (χ0v) is 19.7. The van der Waals surface area contributed by atoms with Gasteiger partial charge in [-0.2, -0.15) is 0 Å². The molecule has 1 amide bonds. The lowest BCUT2D eigenvalue weighted by Crippen LogP contribution is -2.45. The summed E-state index contributed by atoms with van der Waals surface area (Å²) in [6.45, 7) is 7.32. The van der Waals surface area contributed by atoms with E-state index in [1.54, 1.807) is 13.2 Å². The average molecular weight is 447 g/mol. The predicted octanol–water partition coefficient (Wildman–Crippen LogP) is 3.50. The highest BCUT2D eigenvalue weighted by Crippen LogP contribution is 2.41. The van der Waals surface area contributed by atoms with Crippen molar-refractivity contribution in [2.24, 2.45) is 0 Å². The molecular formula is C23H30N2O5S. The molecule has 0 spiro atoms. The number of anilines is 1. The number of nitrogens with zero attached hydrogens (tertiary/aromatic N) is 1. The van der Waals surface area contributed by atoms with Gasteiger partial charge in [-0.25, -0.2) is 8.42 Å². The van der Waals surface area contributed by atoms with Gasteiger partial charge in [-0.1, -0.05) is 12.1 Å². The van der Waals surface area contributed by atoms with Crippen LogP contribution in [0.2, 0.25) is 0 Å². The van der Waals surface area contributed by atoms with E-state index in [2.05, 4.69) is 5.32 Å². The Kier molecular flexibility index (Phi) is 6.23. The Morgan fingerprint density at radius 3 is 2.58 bits per heavy atom. The summed E-state index contributed by atoms with van der Waals surface area (Å²) in [5.74, 6) is 0.953. The van der Waals surface area contributed by atoms with E-state index in [1.807, 2.05) is 58.0 Å². The molecule has 8 heteroatoms. The lowest BCUT2D eigenvalue weighted by atomic mass is 9.89. The van der Waals surface area contributed by atoms with Gasteiger partial charge in [-0.05, 0) is 63.1 Å². The molecule has 31 heavy (non-hydrogen) atoms. The average Bonchev–Trinajstić information content (AvgIpc) is 2.66. The number of aryl methyl sites for hydroxylation is 2. The summed E-state index contributed by atoms with van der Waals surface area (Å²) in [6, 6.07) is 10.7. The molecule has 2 aromatic rings. The third kappa shape index (κ3) is 5.31. The van der Waals surface area contributed by atoms with E-state index in [9.17, 15) is 13.2 Å². The second-order valence-corrected chi connectivity index (χ2v) is 10.6. The van der Waals surface area contributed by atoms with Gasteiger partial charge in [0.1, 0.15) is 23.6 Å². The van der Waals surface area contributed by atoms with Gasteiger partial charge in [-0.15, -0.1) is 0 Å². The fourth-order valence-corrected chi connectivity index (χ4v) is 4.73. The highest BCUT2D eigenvalue weighted by Gasteiger charge is 2.35. The highest BCUT2D eigenvalue weighted by atomic mass is 32.2. The Morgan fingerprint density at radius 2 is 1.94 bits per heavy atom. The van der Waals surface area contributed by atoms with Crippen LogP contribution in [0, 0.1) is 13.8 Å². The maximum Gasteiger partial charge on any atom is 0.241 e. The molecule has 0 aromatic heterocycles. The number of hydrogen-bond acceptors (Lipinski definition) is 5. The fourth-order valence-electron chi connectivity index (χ4n) is 3.83. The summed E-state index contributed by atoms with van der Waals surface area (Å²) in [7, 11) is -2.08. The van der Waals surface area contributed by atoms with Gasteiger partial charge in [0.15, 0.2) is 0 Å². The van der Waals surface area contributed by atoms with Gasteiger partial charge >= 0.3 is 0 Å². The SMILES string of the molecule is COc1ccc2c(c1)[C@@H](NC(=O)CN(c1cc(C)ccc1C)S(C)(=O)=O)CC(C)(C)O2. The Labute approximate surface area is 184 Å². The van der Waals surface area contributed by atoms with Gasteiger partial charge in [0.25, 0.3) is 0 Å². The molecule has 2 aromatic carbocycles. The molecule has 1 aliphatic rings. The van der Waals surface area contributed by atoms with E-state index in [0.29, 0.717) is 23.6 Å². The van der Waals surface area contributed by atoms with E-state index >= 15 is 0 Å². The molecule has 1 N–H and O–H groups in total. The van der Waals surface area contributed by atoms with Gasteiger partial charge in [-0.3, -0.25) is 9.10 Å².